The zero-order valence-corrected chi connectivity index (χ0v) is 11.4. The van der Waals surface area contributed by atoms with Gasteiger partial charge in [0.05, 0.1) is 19.8 Å². The van der Waals surface area contributed by atoms with E-state index in [-0.39, 0.29) is 17.3 Å². The van der Waals surface area contributed by atoms with Gasteiger partial charge >= 0.3 is 0 Å². The molecule has 2 aliphatic heterocycles. The van der Waals surface area contributed by atoms with Crippen LogP contribution in [-0.4, -0.2) is 38.8 Å². The summed E-state index contributed by atoms with van der Waals surface area (Å²) in [5, 5.41) is 0. The van der Waals surface area contributed by atoms with Gasteiger partial charge in [-0.05, 0) is 18.6 Å². The minimum Gasteiger partial charge on any atom is -0.469 e. The number of nitrogens with zero attached hydrogens (tertiary/aromatic N) is 1. The van der Waals surface area contributed by atoms with Crippen LogP contribution in [0.2, 0.25) is 1.41 Å². The number of hydrogen-bond donors (Lipinski definition) is 1. The SMILES string of the molecule is [2H]N1CC2(CCOCC2)Oc2ncc(C)cc2S1(=O)=O. The molecule has 104 valence electrons. The van der Waals surface area contributed by atoms with E-state index in [0.717, 1.165) is 0 Å². The van der Waals surface area contributed by atoms with E-state index < -0.39 is 15.6 Å². The molecule has 0 saturated carbocycles. The van der Waals surface area contributed by atoms with Gasteiger partial charge in [-0.1, -0.05) is 0 Å². The second kappa shape index (κ2) is 4.43. The zero-order valence-electron chi connectivity index (χ0n) is 11.6. The normalized spacial score (nSPS) is 26.1. The highest BCUT2D eigenvalue weighted by Gasteiger charge is 2.41. The van der Waals surface area contributed by atoms with Gasteiger partial charge in [-0.25, -0.2) is 18.1 Å². The molecule has 0 aromatic carbocycles. The molecule has 3 heterocycles. The van der Waals surface area contributed by atoms with Crippen LogP contribution >= 0.6 is 0 Å². The molecule has 0 radical (unpaired) electrons. The first kappa shape index (κ1) is 11.6. The Balaban J connectivity index is 2.12. The van der Waals surface area contributed by atoms with Crippen molar-refractivity contribution in [3.8, 4) is 5.88 Å². The summed E-state index contributed by atoms with van der Waals surface area (Å²) in [5.41, 5.74) is -0.00660. The number of pyridine rings is 1. The van der Waals surface area contributed by atoms with Gasteiger partial charge in [0.15, 0.2) is 0 Å². The first-order valence-corrected chi connectivity index (χ1v) is 7.62. The number of aromatic nitrogens is 1. The van der Waals surface area contributed by atoms with Crippen LogP contribution in [0.25, 0.3) is 0 Å². The molecule has 1 aromatic rings. The molecule has 3 rings (SSSR count). The minimum atomic E-state index is -3.88. The molecule has 1 saturated heterocycles. The molecule has 0 aliphatic carbocycles. The van der Waals surface area contributed by atoms with Gasteiger partial charge in [-0.2, -0.15) is 0 Å². The molecule has 7 heteroatoms. The van der Waals surface area contributed by atoms with Crippen molar-refractivity contribution in [1.29, 1.82) is 0 Å². The second-order valence-electron chi connectivity index (χ2n) is 4.98. The molecule has 0 bridgehead atoms. The molecule has 1 fully saturated rings. The molecule has 1 N–H and O–H groups in total. The predicted molar refractivity (Wildman–Crippen MR) is 67.6 cm³/mol. The van der Waals surface area contributed by atoms with Crippen molar-refractivity contribution in [3.63, 3.8) is 0 Å². The van der Waals surface area contributed by atoms with E-state index in [4.69, 9.17) is 10.9 Å². The molecule has 1 spiro atoms. The second-order valence-corrected chi connectivity index (χ2v) is 6.62. The first-order valence-electron chi connectivity index (χ1n) is 6.63. The fraction of sp³-hybridized carbons (Fsp3) is 0.583. The number of aryl methyl sites for hydroxylation is 1. The molecule has 6 nitrogen and oxygen atoms in total. The van der Waals surface area contributed by atoms with Gasteiger partial charge in [-0.3, -0.25) is 0 Å². The predicted octanol–water partition coefficient (Wildman–Crippen LogP) is 0.610. The lowest BCUT2D eigenvalue weighted by Crippen LogP contribution is -2.49. The van der Waals surface area contributed by atoms with Crippen LogP contribution in [0, 0.1) is 6.92 Å². The molecule has 19 heavy (non-hydrogen) atoms. The Morgan fingerprint density at radius 1 is 1.47 bits per heavy atom. The van der Waals surface area contributed by atoms with E-state index in [1.807, 2.05) is 0 Å². The fourth-order valence-electron chi connectivity index (χ4n) is 2.30. The highest BCUT2D eigenvalue weighted by atomic mass is 32.2. The van der Waals surface area contributed by atoms with Crippen molar-refractivity contribution in [2.45, 2.75) is 30.3 Å². The maximum absolute atomic E-state index is 12.4. The average Bonchev–Trinajstić information content (AvgIpc) is 2.47. The van der Waals surface area contributed by atoms with Gasteiger partial charge < -0.3 is 9.47 Å². The van der Waals surface area contributed by atoms with Crippen molar-refractivity contribution in [2.75, 3.05) is 19.8 Å². The van der Waals surface area contributed by atoms with E-state index in [2.05, 4.69) is 4.98 Å². The average molecular weight is 285 g/mol. The Hall–Kier alpha value is -1.18. The van der Waals surface area contributed by atoms with Crippen LogP contribution in [0.3, 0.4) is 0 Å². The van der Waals surface area contributed by atoms with E-state index >= 15 is 0 Å². The number of ether oxygens (including phenoxy) is 2. The lowest BCUT2D eigenvalue weighted by Gasteiger charge is -2.35. The first-order chi connectivity index (χ1) is 9.43. The number of sulfonamides is 1. The summed E-state index contributed by atoms with van der Waals surface area (Å²) < 4.78 is 44.5. The fourth-order valence-corrected chi connectivity index (χ4v) is 3.50. The van der Waals surface area contributed by atoms with Gasteiger partial charge in [0.25, 0.3) is 0 Å². The standard InChI is InChI=1S/C12H16N2O4S/c1-9-6-10-11(13-7-9)18-12(2-4-17-5-3-12)8-14-19(10,15)16/h6-7,14H,2-5,8H2,1H3/i/hD. The van der Waals surface area contributed by atoms with Gasteiger partial charge in [0.1, 0.15) is 11.9 Å². The third kappa shape index (κ3) is 2.33. The lowest BCUT2D eigenvalue weighted by atomic mass is 9.94. The van der Waals surface area contributed by atoms with Gasteiger partial charge in [0, 0.05) is 19.0 Å². The van der Waals surface area contributed by atoms with Crippen molar-refractivity contribution in [1.82, 2.24) is 9.70 Å². The highest BCUT2D eigenvalue weighted by Crippen LogP contribution is 2.33. The van der Waals surface area contributed by atoms with E-state index in [9.17, 15) is 8.42 Å². The smallest absolute Gasteiger partial charge is 0.246 e. The van der Waals surface area contributed by atoms with Crippen molar-refractivity contribution in [3.05, 3.63) is 17.8 Å². The number of hydrogen-bond acceptors (Lipinski definition) is 5. The molecular formula is C12H16N2O4S. The van der Waals surface area contributed by atoms with Crippen LogP contribution in [-0.2, 0) is 14.8 Å². The lowest BCUT2D eigenvalue weighted by molar-refractivity contribution is -0.0442. The number of rotatable bonds is 0. The Morgan fingerprint density at radius 2 is 2.21 bits per heavy atom. The van der Waals surface area contributed by atoms with Crippen molar-refractivity contribution < 1.29 is 19.3 Å². The summed E-state index contributed by atoms with van der Waals surface area (Å²) >= 11 is 0. The quantitative estimate of drug-likeness (QED) is 0.755. The summed E-state index contributed by atoms with van der Waals surface area (Å²) in [7, 11) is -3.88. The largest absolute Gasteiger partial charge is 0.469 e. The zero-order chi connectivity index (χ0) is 14.4. The van der Waals surface area contributed by atoms with E-state index in [0.29, 0.717) is 36.3 Å². The Kier molecular flexibility index (Phi) is 2.71. The van der Waals surface area contributed by atoms with Crippen molar-refractivity contribution >= 4 is 10.0 Å². The molecule has 0 unspecified atom stereocenters. The van der Waals surface area contributed by atoms with E-state index in [1.165, 1.54) is 6.07 Å². The molecule has 0 amide bonds. The molecule has 0 atom stereocenters. The summed E-state index contributed by atoms with van der Waals surface area (Å²) in [6.45, 7) is 2.74. The third-order valence-electron chi connectivity index (χ3n) is 3.47. The Labute approximate surface area is 113 Å². The minimum absolute atomic E-state index is 0.00585. The molecular weight excluding hydrogens is 268 g/mol. The summed E-state index contributed by atoms with van der Waals surface area (Å²) in [5.74, 6) is 0.0900. The maximum Gasteiger partial charge on any atom is 0.246 e. The molecule has 1 aromatic heterocycles. The highest BCUT2D eigenvalue weighted by molar-refractivity contribution is 7.89. The monoisotopic (exact) mass is 285 g/mol. The molecule has 2 aliphatic rings. The summed E-state index contributed by atoms with van der Waals surface area (Å²) in [6.07, 6.45) is 2.67. The van der Waals surface area contributed by atoms with Crippen LogP contribution in [0.4, 0.5) is 0 Å². The summed E-state index contributed by atoms with van der Waals surface area (Å²) in [4.78, 5) is 4.07. The van der Waals surface area contributed by atoms with Gasteiger partial charge in [-0.15, -0.1) is 0 Å². The van der Waals surface area contributed by atoms with Crippen LogP contribution in [0.5, 0.6) is 5.88 Å². The summed E-state index contributed by atoms with van der Waals surface area (Å²) in [6, 6.07) is 1.50. The number of nitrogens with one attached hydrogen (secondary N) is 1. The van der Waals surface area contributed by atoms with E-state index in [1.54, 1.807) is 13.1 Å². The Bertz CT molecular complexity index is 628. The van der Waals surface area contributed by atoms with Crippen LogP contribution in [0.15, 0.2) is 17.2 Å². The van der Waals surface area contributed by atoms with Crippen LogP contribution < -0.4 is 9.45 Å². The Morgan fingerprint density at radius 3 is 2.95 bits per heavy atom. The van der Waals surface area contributed by atoms with Crippen molar-refractivity contribution in [2.24, 2.45) is 0 Å². The third-order valence-corrected chi connectivity index (χ3v) is 4.79. The maximum atomic E-state index is 12.4. The van der Waals surface area contributed by atoms with Gasteiger partial charge in [0.2, 0.25) is 15.9 Å². The topological polar surface area (TPSA) is 77.5 Å². The number of fused-ring (bicyclic) bond motifs is 1. The van der Waals surface area contributed by atoms with Crippen LogP contribution in [0.1, 0.15) is 18.4 Å².